The van der Waals surface area contributed by atoms with Gasteiger partial charge in [-0.1, -0.05) is 18.9 Å². The molecule has 76 valence electrons. The van der Waals surface area contributed by atoms with Crippen molar-refractivity contribution in [2.24, 2.45) is 5.92 Å². The second-order valence-electron chi connectivity index (χ2n) is 3.82. The van der Waals surface area contributed by atoms with Crippen LogP contribution in [0, 0.1) is 5.92 Å². The summed E-state index contributed by atoms with van der Waals surface area (Å²) in [5, 5.41) is 12.2. The molecule has 0 spiro atoms. The van der Waals surface area contributed by atoms with E-state index in [0.29, 0.717) is 18.6 Å². The highest BCUT2D eigenvalue weighted by Gasteiger charge is 2.21. The first-order chi connectivity index (χ1) is 6.38. The van der Waals surface area contributed by atoms with Gasteiger partial charge in [0.2, 0.25) is 0 Å². The number of aliphatic hydroxyl groups is 1. The van der Waals surface area contributed by atoms with Gasteiger partial charge < -0.3 is 10.4 Å². The van der Waals surface area contributed by atoms with E-state index in [2.05, 4.69) is 18.0 Å². The Labute approximate surface area is 81.0 Å². The van der Waals surface area contributed by atoms with E-state index in [4.69, 9.17) is 5.11 Å². The zero-order valence-corrected chi connectivity index (χ0v) is 8.34. The third-order valence-electron chi connectivity index (χ3n) is 2.86. The SMILES string of the molecule is C=CC1CCCC[C@H]1NCCCO. The second-order valence-corrected chi connectivity index (χ2v) is 3.82. The van der Waals surface area contributed by atoms with Gasteiger partial charge in [-0.2, -0.15) is 0 Å². The van der Waals surface area contributed by atoms with E-state index < -0.39 is 0 Å². The minimum absolute atomic E-state index is 0.290. The summed E-state index contributed by atoms with van der Waals surface area (Å²) in [6.45, 7) is 5.10. The maximum Gasteiger partial charge on any atom is 0.0443 e. The van der Waals surface area contributed by atoms with E-state index in [1.165, 1.54) is 25.7 Å². The van der Waals surface area contributed by atoms with Crippen molar-refractivity contribution >= 4 is 0 Å². The average molecular weight is 183 g/mol. The number of hydrogen-bond acceptors (Lipinski definition) is 2. The van der Waals surface area contributed by atoms with Crippen LogP contribution >= 0.6 is 0 Å². The first-order valence-corrected chi connectivity index (χ1v) is 5.35. The van der Waals surface area contributed by atoms with Crippen LogP contribution in [0.3, 0.4) is 0 Å². The summed E-state index contributed by atoms with van der Waals surface area (Å²) in [7, 11) is 0. The van der Waals surface area contributed by atoms with Crippen LogP contribution < -0.4 is 5.32 Å². The van der Waals surface area contributed by atoms with E-state index in [-0.39, 0.29) is 0 Å². The lowest BCUT2D eigenvalue weighted by atomic mass is 9.84. The Balaban J connectivity index is 2.23. The highest BCUT2D eigenvalue weighted by atomic mass is 16.3. The van der Waals surface area contributed by atoms with Crippen LogP contribution in [0.5, 0.6) is 0 Å². The Morgan fingerprint density at radius 2 is 2.15 bits per heavy atom. The van der Waals surface area contributed by atoms with Crippen molar-refractivity contribution in [3.05, 3.63) is 12.7 Å². The number of nitrogens with one attached hydrogen (secondary N) is 1. The van der Waals surface area contributed by atoms with E-state index >= 15 is 0 Å². The molecule has 2 atom stereocenters. The number of aliphatic hydroxyl groups excluding tert-OH is 1. The van der Waals surface area contributed by atoms with Crippen LogP contribution in [-0.4, -0.2) is 24.3 Å². The third-order valence-corrected chi connectivity index (χ3v) is 2.86. The largest absolute Gasteiger partial charge is 0.396 e. The van der Waals surface area contributed by atoms with Crippen molar-refractivity contribution < 1.29 is 5.11 Å². The van der Waals surface area contributed by atoms with E-state index in [9.17, 15) is 0 Å². The zero-order valence-electron chi connectivity index (χ0n) is 8.34. The van der Waals surface area contributed by atoms with E-state index in [0.717, 1.165) is 13.0 Å². The Morgan fingerprint density at radius 1 is 1.38 bits per heavy atom. The fourth-order valence-electron chi connectivity index (χ4n) is 2.06. The molecule has 2 heteroatoms. The fourth-order valence-corrected chi connectivity index (χ4v) is 2.06. The van der Waals surface area contributed by atoms with Gasteiger partial charge in [-0.25, -0.2) is 0 Å². The molecule has 1 unspecified atom stereocenters. The van der Waals surface area contributed by atoms with Crippen LogP contribution in [0.4, 0.5) is 0 Å². The van der Waals surface area contributed by atoms with Crippen molar-refractivity contribution in [3.63, 3.8) is 0 Å². The van der Waals surface area contributed by atoms with Gasteiger partial charge in [0, 0.05) is 12.6 Å². The molecule has 0 aromatic carbocycles. The fraction of sp³-hybridized carbons (Fsp3) is 0.818. The molecule has 1 aliphatic rings. The van der Waals surface area contributed by atoms with Crippen molar-refractivity contribution in [2.75, 3.05) is 13.2 Å². The third kappa shape index (κ3) is 3.49. The Hall–Kier alpha value is -0.340. The van der Waals surface area contributed by atoms with Gasteiger partial charge in [0.05, 0.1) is 0 Å². The predicted octanol–water partition coefficient (Wildman–Crippen LogP) is 1.70. The van der Waals surface area contributed by atoms with Gasteiger partial charge in [-0.05, 0) is 31.7 Å². The normalized spacial score (nSPS) is 28.7. The minimum atomic E-state index is 0.290. The van der Waals surface area contributed by atoms with Gasteiger partial charge in [0.1, 0.15) is 0 Å². The molecule has 0 aromatic rings. The first kappa shape index (κ1) is 10.7. The number of rotatable bonds is 5. The van der Waals surface area contributed by atoms with Gasteiger partial charge in [-0.3, -0.25) is 0 Å². The quantitative estimate of drug-likeness (QED) is 0.502. The van der Waals surface area contributed by atoms with Crippen LogP contribution in [0.1, 0.15) is 32.1 Å². The van der Waals surface area contributed by atoms with Crippen molar-refractivity contribution in [3.8, 4) is 0 Å². The molecule has 13 heavy (non-hydrogen) atoms. The molecule has 0 radical (unpaired) electrons. The first-order valence-electron chi connectivity index (χ1n) is 5.35. The highest BCUT2D eigenvalue weighted by molar-refractivity contribution is 4.91. The molecule has 0 bridgehead atoms. The summed E-state index contributed by atoms with van der Waals surface area (Å²) in [4.78, 5) is 0. The van der Waals surface area contributed by atoms with Gasteiger partial charge in [-0.15, -0.1) is 6.58 Å². The molecule has 0 aromatic heterocycles. The lowest BCUT2D eigenvalue weighted by Crippen LogP contribution is -2.38. The van der Waals surface area contributed by atoms with Crippen molar-refractivity contribution in [1.82, 2.24) is 5.32 Å². The summed E-state index contributed by atoms with van der Waals surface area (Å²) < 4.78 is 0. The molecule has 1 saturated carbocycles. The maximum atomic E-state index is 8.66. The Kier molecular flexibility index (Phi) is 5.09. The Morgan fingerprint density at radius 3 is 2.85 bits per heavy atom. The van der Waals surface area contributed by atoms with Gasteiger partial charge in [0.25, 0.3) is 0 Å². The molecule has 0 amide bonds. The van der Waals surface area contributed by atoms with Gasteiger partial charge in [0.15, 0.2) is 0 Å². The topological polar surface area (TPSA) is 32.3 Å². The summed E-state index contributed by atoms with van der Waals surface area (Å²) in [6.07, 6.45) is 8.16. The summed E-state index contributed by atoms with van der Waals surface area (Å²) in [5.41, 5.74) is 0. The minimum Gasteiger partial charge on any atom is -0.396 e. The van der Waals surface area contributed by atoms with Crippen LogP contribution in [-0.2, 0) is 0 Å². The molecule has 2 N–H and O–H groups in total. The average Bonchev–Trinajstić information content (AvgIpc) is 2.19. The number of hydrogen-bond donors (Lipinski definition) is 2. The molecule has 2 nitrogen and oxygen atoms in total. The lowest BCUT2D eigenvalue weighted by molar-refractivity contribution is 0.265. The predicted molar refractivity (Wildman–Crippen MR) is 55.6 cm³/mol. The van der Waals surface area contributed by atoms with Crippen LogP contribution in [0.2, 0.25) is 0 Å². The van der Waals surface area contributed by atoms with Crippen molar-refractivity contribution in [1.29, 1.82) is 0 Å². The van der Waals surface area contributed by atoms with Crippen LogP contribution in [0.15, 0.2) is 12.7 Å². The second kappa shape index (κ2) is 6.17. The lowest BCUT2D eigenvalue weighted by Gasteiger charge is -2.30. The Bertz CT molecular complexity index is 147. The van der Waals surface area contributed by atoms with E-state index in [1.807, 2.05) is 0 Å². The monoisotopic (exact) mass is 183 g/mol. The highest BCUT2D eigenvalue weighted by Crippen LogP contribution is 2.24. The molecule has 0 aliphatic heterocycles. The van der Waals surface area contributed by atoms with E-state index in [1.54, 1.807) is 0 Å². The molecule has 1 aliphatic carbocycles. The molecule has 0 heterocycles. The van der Waals surface area contributed by atoms with Gasteiger partial charge >= 0.3 is 0 Å². The summed E-state index contributed by atoms with van der Waals surface area (Å²) >= 11 is 0. The molecule has 1 fully saturated rings. The molecule has 1 rings (SSSR count). The summed E-state index contributed by atoms with van der Waals surface area (Å²) in [6, 6.07) is 0.609. The van der Waals surface area contributed by atoms with Crippen molar-refractivity contribution in [2.45, 2.75) is 38.1 Å². The molecular weight excluding hydrogens is 162 g/mol. The molecular formula is C11H21NO. The molecule has 0 saturated heterocycles. The smallest absolute Gasteiger partial charge is 0.0443 e. The standard InChI is InChI=1S/C11H21NO/c1-2-10-6-3-4-7-11(10)12-8-5-9-13/h2,10-13H,1,3-9H2/t10?,11-/m1/s1. The maximum absolute atomic E-state index is 8.66. The summed E-state index contributed by atoms with van der Waals surface area (Å²) in [5.74, 6) is 0.646. The van der Waals surface area contributed by atoms with Crippen LogP contribution in [0.25, 0.3) is 0 Å². The zero-order chi connectivity index (χ0) is 9.52.